The normalized spacial score (nSPS) is 12.6. The van der Waals surface area contributed by atoms with Crippen molar-refractivity contribution < 1.29 is 34.2 Å². The van der Waals surface area contributed by atoms with Gasteiger partial charge in [-0.2, -0.15) is 0 Å². The van der Waals surface area contributed by atoms with Gasteiger partial charge in [-0.1, -0.05) is 0 Å². The van der Waals surface area contributed by atoms with Crippen LogP contribution in [0.5, 0.6) is 0 Å². The van der Waals surface area contributed by atoms with E-state index in [4.69, 9.17) is 15.9 Å². The van der Waals surface area contributed by atoms with Crippen LogP contribution in [0.15, 0.2) is 0 Å². The summed E-state index contributed by atoms with van der Waals surface area (Å²) in [5.74, 6) is -4.21. The van der Waals surface area contributed by atoms with Crippen molar-refractivity contribution in [1.29, 1.82) is 0 Å². The first-order chi connectivity index (χ1) is 10.7. The lowest BCUT2D eigenvalue weighted by molar-refractivity contribution is -0.138. The zero-order valence-electron chi connectivity index (χ0n) is 12.5. The molecule has 0 spiro atoms. The second-order valence-corrected chi connectivity index (χ2v) is 4.61. The minimum atomic E-state index is -1.37. The predicted molar refractivity (Wildman–Crippen MR) is 75.7 cm³/mol. The molecule has 0 heterocycles. The fraction of sp³-hybridized carbons (Fsp3) is 0.583. The fourth-order valence-electron chi connectivity index (χ4n) is 1.55. The van der Waals surface area contributed by atoms with Gasteiger partial charge < -0.3 is 31.9 Å². The van der Waals surface area contributed by atoms with Gasteiger partial charge in [0.2, 0.25) is 23.6 Å². The van der Waals surface area contributed by atoms with Crippen LogP contribution in [-0.4, -0.2) is 65.0 Å². The maximum absolute atomic E-state index is 12.0. The van der Waals surface area contributed by atoms with Crippen molar-refractivity contribution in [3.63, 3.8) is 0 Å². The van der Waals surface area contributed by atoms with Gasteiger partial charge in [0, 0.05) is 13.3 Å². The van der Waals surface area contributed by atoms with E-state index >= 15 is 0 Å². The molecule has 2 atom stereocenters. The first kappa shape index (κ1) is 20.3. The average molecular weight is 332 g/mol. The number of hydrogen-bond donors (Lipinski definition) is 6. The van der Waals surface area contributed by atoms with E-state index in [0.717, 1.165) is 6.92 Å². The first-order valence-corrected chi connectivity index (χ1v) is 6.63. The number of amides is 4. The standard InChI is InChI=1S/C12H20N4O7/c1-6(18)15-7(2-3-10(20)21)12(23)16-8(5-17)11(22)14-4-9(13)19/h7-8,17H,2-5H2,1H3,(H2,13,19)(H,14,22)(H,15,18)(H,16,23)(H,20,21)/t7-,8-/m0/s1. The maximum atomic E-state index is 12.0. The Morgan fingerprint density at radius 2 is 1.65 bits per heavy atom. The van der Waals surface area contributed by atoms with Crippen molar-refractivity contribution in [1.82, 2.24) is 16.0 Å². The molecule has 0 aliphatic heterocycles. The number of nitrogens with one attached hydrogen (secondary N) is 3. The van der Waals surface area contributed by atoms with Crippen LogP contribution in [0.4, 0.5) is 0 Å². The number of nitrogens with two attached hydrogens (primary N) is 1. The number of primary amides is 1. The van der Waals surface area contributed by atoms with Gasteiger partial charge in [0.1, 0.15) is 12.1 Å². The molecule has 0 saturated heterocycles. The number of aliphatic hydroxyl groups is 1. The number of carbonyl (C=O) groups excluding carboxylic acids is 4. The summed E-state index contributed by atoms with van der Waals surface area (Å²) < 4.78 is 0. The molecule has 0 fully saturated rings. The molecule has 0 saturated carbocycles. The van der Waals surface area contributed by atoms with Crippen LogP contribution in [0.2, 0.25) is 0 Å². The fourth-order valence-corrected chi connectivity index (χ4v) is 1.55. The summed E-state index contributed by atoms with van der Waals surface area (Å²) in [6.07, 6.45) is -0.572. The van der Waals surface area contributed by atoms with E-state index in [1.807, 2.05) is 0 Å². The van der Waals surface area contributed by atoms with Gasteiger partial charge in [0.05, 0.1) is 13.2 Å². The summed E-state index contributed by atoms with van der Waals surface area (Å²) in [4.78, 5) is 55.8. The van der Waals surface area contributed by atoms with Crippen molar-refractivity contribution in [3.05, 3.63) is 0 Å². The number of rotatable bonds is 10. The minimum absolute atomic E-state index is 0.193. The monoisotopic (exact) mass is 332 g/mol. The molecule has 0 aromatic rings. The molecule has 0 aliphatic rings. The van der Waals surface area contributed by atoms with E-state index in [0.29, 0.717) is 0 Å². The zero-order valence-corrected chi connectivity index (χ0v) is 12.5. The van der Waals surface area contributed by atoms with Gasteiger partial charge in [0.15, 0.2) is 0 Å². The summed E-state index contributed by atoms with van der Waals surface area (Å²) in [6.45, 7) is -0.0917. The highest BCUT2D eigenvalue weighted by atomic mass is 16.4. The summed E-state index contributed by atoms with van der Waals surface area (Å²) in [5, 5.41) is 24.3. The quantitative estimate of drug-likeness (QED) is 0.238. The highest BCUT2D eigenvalue weighted by Crippen LogP contribution is 1.99. The van der Waals surface area contributed by atoms with E-state index < -0.39 is 54.8 Å². The predicted octanol–water partition coefficient (Wildman–Crippen LogP) is -3.57. The molecule has 0 aromatic heterocycles. The largest absolute Gasteiger partial charge is 0.481 e. The molecule has 11 nitrogen and oxygen atoms in total. The molecule has 11 heteroatoms. The van der Waals surface area contributed by atoms with E-state index in [1.165, 1.54) is 0 Å². The third kappa shape index (κ3) is 9.03. The minimum Gasteiger partial charge on any atom is -0.481 e. The second-order valence-electron chi connectivity index (χ2n) is 4.61. The number of aliphatic carboxylic acids is 1. The van der Waals surface area contributed by atoms with Crippen LogP contribution in [0.1, 0.15) is 19.8 Å². The van der Waals surface area contributed by atoms with Crippen LogP contribution < -0.4 is 21.7 Å². The lowest BCUT2D eigenvalue weighted by Gasteiger charge is -2.21. The number of aliphatic hydroxyl groups excluding tert-OH is 1. The molecule has 23 heavy (non-hydrogen) atoms. The molecule has 130 valence electrons. The number of carboxylic acids is 1. The van der Waals surface area contributed by atoms with Crippen molar-refractivity contribution in [2.24, 2.45) is 5.73 Å². The van der Waals surface area contributed by atoms with Crippen LogP contribution in [0.3, 0.4) is 0 Å². The first-order valence-electron chi connectivity index (χ1n) is 6.63. The average Bonchev–Trinajstić information content (AvgIpc) is 2.45. The van der Waals surface area contributed by atoms with Crippen LogP contribution in [0, 0.1) is 0 Å². The Bertz CT molecular complexity index is 480. The number of carboxylic acid groups (broad SMARTS) is 1. The second kappa shape index (κ2) is 10.1. The summed E-state index contributed by atoms with van der Waals surface area (Å²) >= 11 is 0. The summed E-state index contributed by atoms with van der Waals surface area (Å²) in [7, 11) is 0. The van der Waals surface area contributed by atoms with E-state index in [9.17, 15) is 24.0 Å². The molecule has 0 unspecified atom stereocenters. The molecular formula is C12H20N4O7. The molecule has 7 N–H and O–H groups in total. The Morgan fingerprint density at radius 1 is 1.04 bits per heavy atom. The number of carbonyl (C=O) groups is 5. The molecule has 4 amide bonds. The maximum Gasteiger partial charge on any atom is 0.303 e. The van der Waals surface area contributed by atoms with Gasteiger partial charge in [-0.25, -0.2) is 0 Å². The Labute approximate surface area is 131 Å². The Kier molecular flexibility index (Phi) is 8.92. The van der Waals surface area contributed by atoms with Crippen LogP contribution in [-0.2, 0) is 24.0 Å². The van der Waals surface area contributed by atoms with Crippen molar-refractivity contribution in [3.8, 4) is 0 Å². The SMILES string of the molecule is CC(=O)N[C@@H](CCC(=O)O)C(=O)N[C@@H](CO)C(=O)NCC(N)=O. The molecule has 0 bridgehead atoms. The van der Waals surface area contributed by atoms with E-state index in [2.05, 4.69) is 16.0 Å². The van der Waals surface area contributed by atoms with Gasteiger partial charge >= 0.3 is 5.97 Å². The molecule has 0 rings (SSSR count). The highest BCUT2D eigenvalue weighted by Gasteiger charge is 2.26. The molecule has 0 aromatic carbocycles. The smallest absolute Gasteiger partial charge is 0.303 e. The van der Waals surface area contributed by atoms with E-state index in [-0.39, 0.29) is 12.8 Å². The molecule has 0 aliphatic carbocycles. The lowest BCUT2D eigenvalue weighted by Crippen LogP contribution is -2.55. The molecular weight excluding hydrogens is 312 g/mol. The third-order valence-corrected chi connectivity index (χ3v) is 2.59. The van der Waals surface area contributed by atoms with Crippen LogP contribution in [0.25, 0.3) is 0 Å². The van der Waals surface area contributed by atoms with Gasteiger partial charge in [-0.15, -0.1) is 0 Å². The van der Waals surface area contributed by atoms with Crippen LogP contribution >= 0.6 is 0 Å². The Hall–Kier alpha value is -2.69. The zero-order chi connectivity index (χ0) is 18.0. The number of hydrogen-bond acceptors (Lipinski definition) is 6. The van der Waals surface area contributed by atoms with Gasteiger partial charge in [0.25, 0.3) is 0 Å². The Balaban J connectivity index is 4.76. The van der Waals surface area contributed by atoms with E-state index in [1.54, 1.807) is 0 Å². The summed E-state index contributed by atoms with van der Waals surface area (Å²) in [6, 6.07) is -2.55. The van der Waals surface area contributed by atoms with Gasteiger partial charge in [-0.3, -0.25) is 24.0 Å². The Morgan fingerprint density at radius 3 is 2.09 bits per heavy atom. The van der Waals surface area contributed by atoms with Crippen molar-refractivity contribution in [2.75, 3.05) is 13.2 Å². The summed E-state index contributed by atoms with van der Waals surface area (Å²) in [5.41, 5.74) is 4.85. The molecule has 0 radical (unpaired) electrons. The lowest BCUT2D eigenvalue weighted by atomic mass is 10.1. The topological polar surface area (TPSA) is 188 Å². The third-order valence-electron chi connectivity index (χ3n) is 2.59. The van der Waals surface area contributed by atoms with Crippen molar-refractivity contribution >= 4 is 29.6 Å². The van der Waals surface area contributed by atoms with Gasteiger partial charge in [-0.05, 0) is 6.42 Å². The van der Waals surface area contributed by atoms with Crippen molar-refractivity contribution in [2.45, 2.75) is 31.8 Å². The highest BCUT2D eigenvalue weighted by molar-refractivity contribution is 5.93.